The van der Waals surface area contributed by atoms with Crippen molar-refractivity contribution in [1.82, 2.24) is 10.2 Å². The molecule has 2 aromatic rings. The number of likely N-dealkylation sites (tertiary alicyclic amines) is 1. The fraction of sp³-hybridized carbons (Fsp3) is 0.533. The lowest BCUT2D eigenvalue weighted by Gasteiger charge is -2.34. The number of ether oxygens (including phenoxy) is 3. The summed E-state index contributed by atoms with van der Waals surface area (Å²) in [7, 11) is 0. The number of carbonyl (C=O) groups is 2. The molecule has 2 atom stereocenters. The summed E-state index contributed by atoms with van der Waals surface area (Å²) >= 11 is 0. The first kappa shape index (κ1) is 28.9. The quantitative estimate of drug-likeness (QED) is 0.529. The molecule has 1 unspecified atom stereocenters. The molecule has 0 spiro atoms. The Morgan fingerprint density at radius 1 is 0.976 bits per heavy atom. The van der Waals surface area contributed by atoms with E-state index in [1.54, 1.807) is 4.90 Å². The second-order valence-electron chi connectivity index (χ2n) is 11.8. The van der Waals surface area contributed by atoms with E-state index in [1.807, 2.05) is 39.0 Å². The third-order valence-electron chi connectivity index (χ3n) is 7.49. The number of amides is 2. The fourth-order valence-corrected chi connectivity index (χ4v) is 5.39. The molecule has 8 nitrogen and oxygen atoms in total. The monoisotopic (exact) mass is 575 g/mol. The lowest BCUT2D eigenvalue weighted by molar-refractivity contribution is -0.137. The first-order valence-corrected chi connectivity index (χ1v) is 14.0. The summed E-state index contributed by atoms with van der Waals surface area (Å²) in [4.78, 5) is 28.9. The molecular formula is C30H36F3N3O5. The average Bonchev–Trinajstić information content (AvgIpc) is 3.55. The topological polar surface area (TPSA) is 80.3 Å². The predicted molar refractivity (Wildman–Crippen MR) is 146 cm³/mol. The van der Waals surface area contributed by atoms with Gasteiger partial charge in [0, 0.05) is 62.7 Å². The summed E-state index contributed by atoms with van der Waals surface area (Å²) in [5.41, 5.74) is 0.442. The molecule has 2 amide bonds. The number of alkyl halides is 3. The summed E-state index contributed by atoms with van der Waals surface area (Å²) < 4.78 is 56.1. The van der Waals surface area contributed by atoms with Crippen molar-refractivity contribution in [2.24, 2.45) is 0 Å². The summed E-state index contributed by atoms with van der Waals surface area (Å²) in [6.07, 6.45) is -2.84. The SMILES string of the molecule is CC(C)(C)OC(=O)N1CC[C@@H](NC(=O)C2Cc3cc(OC4CCN(c5ccc(C(F)(F)F)cc5)CC4)ccc3O2)C1. The Morgan fingerprint density at radius 2 is 1.68 bits per heavy atom. The van der Waals surface area contributed by atoms with Gasteiger partial charge in [0.25, 0.3) is 5.91 Å². The Hall–Kier alpha value is -3.63. The highest BCUT2D eigenvalue weighted by Crippen LogP contribution is 2.34. The summed E-state index contributed by atoms with van der Waals surface area (Å²) in [6, 6.07) is 10.7. The minimum atomic E-state index is -4.34. The van der Waals surface area contributed by atoms with E-state index in [2.05, 4.69) is 10.2 Å². The van der Waals surface area contributed by atoms with Crippen molar-refractivity contribution in [2.45, 2.75) is 76.5 Å². The van der Waals surface area contributed by atoms with Gasteiger partial charge in [0.1, 0.15) is 23.2 Å². The highest BCUT2D eigenvalue weighted by atomic mass is 19.4. The lowest BCUT2D eigenvalue weighted by Crippen LogP contribution is -2.45. The van der Waals surface area contributed by atoms with Gasteiger partial charge >= 0.3 is 12.3 Å². The van der Waals surface area contributed by atoms with Gasteiger partial charge in [-0.1, -0.05) is 0 Å². The lowest BCUT2D eigenvalue weighted by atomic mass is 10.1. The van der Waals surface area contributed by atoms with E-state index in [1.165, 1.54) is 12.1 Å². The van der Waals surface area contributed by atoms with Gasteiger partial charge in [0.05, 0.1) is 5.56 Å². The summed E-state index contributed by atoms with van der Waals surface area (Å²) in [5.74, 6) is 1.14. The van der Waals surface area contributed by atoms with Crippen LogP contribution in [0.25, 0.3) is 0 Å². The largest absolute Gasteiger partial charge is 0.490 e. The van der Waals surface area contributed by atoms with E-state index in [0.29, 0.717) is 50.5 Å². The first-order valence-electron chi connectivity index (χ1n) is 14.0. The Labute approximate surface area is 237 Å². The number of nitrogens with zero attached hydrogens (tertiary/aromatic N) is 2. The van der Waals surface area contributed by atoms with Gasteiger partial charge in [-0.15, -0.1) is 0 Å². The Morgan fingerprint density at radius 3 is 2.34 bits per heavy atom. The molecule has 2 aromatic carbocycles. The molecule has 222 valence electrons. The van der Waals surface area contributed by atoms with Gasteiger partial charge in [-0.2, -0.15) is 13.2 Å². The highest BCUT2D eigenvalue weighted by Gasteiger charge is 2.35. The number of rotatable bonds is 5. The molecule has 11 heteroatoms. The molecule has 0 bridgehead atoms. The second kappa shape index (κ2) is 11.3. The smallest absolute Gasteiger partial charge is 0.416 e. The van der Waals surface area contributed by atoms with Crippen LogP contribution in [0.5, 0.6) is 11.5 Å². The molecule has 0 saturated carbocycles. The Kier molecular flexibility index (Phi) is 7.98. The molecule has 0 aromatic heterocycles. The molecule has 1 N–H and O–H groups in total. The van der Waals surface area contributed by atoms with Crippen molar-refractivity contribution >= 4 is 17.7 Å². The van der Waals surface area contributed by atoms with Crippen LogP contribution in [0.3, 0.4) is 0 Å². The van der Waals surface area contributed by atoms with E-state index in [4.69, 9.17) is 14.2 Å². The molecule has 3 aliphatic rings. The number of benzene rings is 2. The van der Waals surface area contributed by atoms with E-state index in [-0.39, 0.29) is 24.1 Å². The highest BCUT2D eigenvalue weighted by molar-refractivity contribution is 5.83. The van der Waals surface area contributed by atoms with Crippen LogP contribution >= 0.6 is 0 Å². The maximum absolute atomic E-state index is 12.9. The van der Waals surface area contributed by atoms with Crippen molar-refractivity contribution in [3.8, 4) is 11.5 Å². The molecule has 5 rings (SSSR count). The van der Waals surface area contributed by atoms with E-state index in [9.17, 15) is 22.8 Å². The van der Waals surface area contributed by atoms with Crippen molar-refractivity contribution < 1.29 is 37.0 Å². The minimum absolute atomic E-state index is 0.0181. The fourth-order valence-electron chi connectivity index (χ4n) is 5.39. The Bertz CT molecular complexity index is 1250. The second-order valence-corrected chi connectivity index (χ2v) is 11.8. The molecule has 2 saturated heterocycles. The minimum Gasteiger partial charge on any atom is -0.490 e. The van der Waals surface area contributed by atoms with Crippen LogP contribution in [-0.4, -0.2) is 66.9 Å². The number of fused-ring (bicyclic) bond motifs is 1. The number of nitrogens with one attached hydrogen (secondary N) is 1. The van der Waals surface area contributed by atoms with Gasteiger partial charge in [0.2, 0.25) is 0 Å². The standard InChI is InChI=1S/C30H36F3N3O5/c1-29(2,3)41-28(38)36-13-10-21(18-36)34-27(37)26-17-19-16-24(8-9-25(19)40-26)39-23-11-14-35(15-12-23)22-6-4-20(5-7-22)30(31,32)33/h4-9,16,21,23,26H,10-15,17-18H2,1-3H3,(H,34,37)/t21-,26?/m1/s1. The number of piperidine rings is 1. The van der Waals surface area contributed by atoms with Crippen molar-refractivity contribution in [3.63, 3.8) is 0 Å². The first-order chi connectivity index (χ1) is 19.3. The molecule has 41 heavy (non-hydrogen) atoms. The van der Waals surface area contributed by atoms with Gasteiger partial charge in [-0.05, 0) is 69.7 Å². The third-order valence-corrected chi connectivity index (χ3v) is 7.49. The number of hydrogen-bond acceptors (Lipinski definition) is 6. The zero-order chi connectivity index (χ0) is 29.4. The predicted octanol–water partition coefficient (Wildman–Crippen LogP) is 5.18. The van der Waals surface area contributed by atoms with Crippen LogP contribution in [0.2, 0.25) is 0 Å². The summed E-state index contributed by atoms with van der Waals surface area (Å²) in [6.45, 7) is 7.74. The van der Waals surface area contributed by atoms with Crippen LogP contribution in [0.1, 0.15) is 51.2 Å². The average molecular weight is 576 g/mol. The number of halogens is 3. The number of carbonyl (C=O) groups excluding carboxylic acids is 2. The van der Waals surface area contributed by atoms with Gasteiger partial charge in [0.15, 0.2) is 6.10 Å². The van der Waals surface area contributed by atoms with E-state index in [0.717, 1.165) is 36.2 Å². The van der Waals surface area contributed by atoms with Gasteiger partial charge < -0.3 is 29.3 Å². The van der Waals surface area contributed by atoms with Crippen LogP contribution in [0, 0.1) is 0 Å². The zero-order valence-corrected chi connectivity index (χ0v) is 23.5. The number of hydrogen-bond donors (Lipinski definition) is 1. The van der Waals surface area contributed by atoms with Crippen molar-refractivity contribution in [2.75, 3.05) is 31.1 Å². The Balaban J connectivity index is 1.08. The zero-order valence-electron chi connectivity index (χ0n) is 23.5. The third kappa shape index (κ3) is 7.18. The van der Waals surface area contributed by atoms with Crippen LogP contribution < -0.4 is 19.7 Å². The molecule has 3 heterocycles. The van der Waals surface area contributed by atoms with Crippen LogP contribution in [0.4, 0.5) is 23.7 Å². The maximum Gasteiger partial charge on any atom is 0.416 e. The van der Waals surface area contributed by atoms with Gasteiger partial charge in [-0.3, -0.25) is 4.79 Å². The summed E-state index contributed by atoms with van der Waals surface area (Å²) in [5, 5.41) is 3.01. The van der Waals surface area contributed by atoms with E-state index < -0.39 is 23.4 Å². The van der Waals surface area contributed by atoms with Crippen LogP contribution in [-0.2, 0) is 22.1 Å². The molecule has 0 aliphatic carbocycles. The molecule has 0 radical (unpaired) electrons. The maximum atomic E-state index is 12.9. The van der Waals surface area contributed by atoms with Crippen molar-refractivity contribution in [1.29, 1.82) is 0 Å². The normalized spacial score (nSPS) is 21.3. The molecular weight excluding hydrogens is 539 g/mol. The number of anilines is 1. The van der Waals surface area contributed by atoms with E-state index >= 15 is 0 Å². The van der Waals surface area contributed by atoms with Gasteiger partial charge in [-0.25, -0.2) is 4.79 Å². The van der Waals surface area contributed by atoms with Crippen LogP contribution in [0.15, 0.2) is 42.5 Å². The van der Waals surface area contributed by atoms with Crippen molar-refractivity contribution in [3.05, 3.63) is 53.6 Å². The molecule has 2 fully saturated rings. The molecule has 3 aliphatic heterocycles.